The molecule has 0 spiro atoms. The Labute approximate surface area is 129 Å². The lowest BCUT2D eigenvalue weighted by Crippen LogP contribution is -2.37. The minimum atomic E-state index is 0.326. The van der Waals surface area contributed by atoms with Crippen LogP contribution in [0, 0.1) is 11.3 Å². The molecule has 0 radical (unpaired) electrons. The monoisotopic (exact) mass is 284 g/mol. The van der Waals surface area contributed by atoms with Crippen molar-refractivity contribution in [1.29, 1.82) is 0 Å². The van der Waals surface area contributed by atoms with Crippen LogP contribution in [0.4, 0.5) is 0 Å². The Morgan fingerprint density at radius 3 is 2.76 bits per heavy atom. The van der Waals surface area contributed by atoms with Gasteiger partial charge in [0.2, 0.25) is 0 Å². The van der Waals surface area contributed by atoms with Crippen molar-refractivity contribution in [3.63, 3.8) is 0 Å². The highest BCUT2D eigenvalue weighted by Crippen LogP contribution is 2.54. The maximum atomic E-state index is 10.6. The number of aryl methyl sites for hydroxylation is 1. The fourth-order valence-electron chi connectivity index (χ4n) is 4.58. The predicted molar refractivity (Wildman–Crippen MR) is 88.8 cm³/mol. The average molecular weight is 284 g/mol. The van der Waals surface area contributed by atoms with Crippen LogP contribution in [0.1, 0.15) is 69.6 Å². The van der Waals surface area contributed by atoms with Gasteiger partial charge in [-0.15, -0.1) is 0 Å². The Morgan fingerprint density at radius 1 is 1.29 bits per heavy atom. The van der Waals surface area contributed by atoms with Crippen LogP contribution in [0.25, 0.3) is 0 Å². The molecule has 0 aliphatic heterocycles. The van der Waals surface area contributed by atoms with E-state index in [-0.39, 0.29) is 0 Å². The molecule has 0 amide bonds. The lowest BCUT2D eigenvalue weighted by atomic mass is 9.58. The quantitative estimate of drug-likeness (QED) is 0.724. The topological polar surface area (TPSA) is 20.2 Å². The van der Waals surface area contributed by atoms with Gasteiger partial charge in [0.1, 0.15) is 5.75 Å². The number of allylic oxidation sites excluding steroid dienone is 2. The number of aromatic hydroxyl groups is 1. The van der Waals surface area contributed by atoms with E-state index in [2.05, 4.69) is 39.8 Å². The molecule has 1 aromatic carbocycles. The van der Waals surface area contributed by atoms with Crippen molar-refractivity contribution in [3.8, 4) is 5.75 Å². The normalized spacial score (nSPS) is 26.8. The zero-order valence-electron chi connectivity index (χ0n) is 13.9. The van der Waals surface area contributed by atoms with Crippen LogP contribution in [0.3, 0.4) is 0 Å². The Hall–Kier alpha value is -1.24. The maximum Gasteiger partial charge on any atom is 0.119 e. The van der Waals surface area contributed by atoms with Crippen LogP contribution in [0.5, 0.6) is 5.75 Å². The number of rotatable bonds is 2. The second kappa shape index (κ2) is 5.19. The molecule has 114 valence electrons. The Kier molecular flexibility index (Phi) is 3.63. The van der Waals surface area contributed by atoms with Gasteiger partial charge >= 0.3 is 0 Å². The van der Waals surface area contributed by atoms with Gasteiger partial charge in [0.15, 0.2) is 0 Å². The third-order valence-corrected chi connectivity index (χ3v) is 5.57. The van der Waals surface area contributed by atoms with E-state index in [0.717, 1.165) is 19.3 Å². The van der Waals surface area contributed by atoms with Crippen LogP contribution in [0.15, 0.2) is 23.8 Å². The van der Waals surface area contributed by atoms with Crippen LogP contribution < -0.4 is 0 Å². The zero-order chi connectivity index (χ0) is 15.2. The molecule has 3 rings (SSSR count). The van der Waals surface area contributed by atoms with Crippen molar-refractivity contribution in [3.05, 3.63) is 40.5 Å². The van der Waals surface area contributed by atoms with Gasteiger partial charge < -0.3 is 5.11 Å². The highest BCUT2D eigenvalue weighted by molar-refractivity contribution is 5.50. The number of fused-ring (bicyclic) bond motifs is 3. The maximum absolute atomic E-state index is 10.6. The molecular weight excluding hydrogens is 256 g/mol. The number of phenols is 1. The first-order valence-corrected chi connectivity index (χ1v) is 8.44. The summed E-state index contributed by atoms with van der Waals surface area (Å²) in [6.45, 7) is 9.25. The SMILES string of the molecule is CCCc1cc(O)c2c(c1)CC(C)(C)[C@@H]1CCC(C)=CC21. The summed E-state index contributed by atoms with van der Waals surface area (Å²) < 4.78 is 0. The van der Waals surface area contributed by atoms with Crippen molar-refractivity contribution in [2.75, 3.05) is 0 Å². The molecule has 0 saturated carbocycles. The molecule has 2 atom stereocenters. The van der Waals surface area contributed by atoms with E-state index in [1.54, 1.807) is 0 Å². The summed E-state index contributed by atoms with van der Waals surface area (Å²) in [6, 6.07) is 4.36. The molecule has 0 bridgehead atoms. The van der Waals surface area contributed by atoms with Gasteiger partial charge in [-0.3, -0.25) is 0 Å². The molecular formula is C20H28O. The first kappa shape index (κ1) is 14.7. The summed E-state index contributed by atoms with van der Waals surface area (Å²) in [7, 11) is 0. The van der Waals surface area contributed by atoms with E-state index in [0.29, 0.717) is 23.0 Å². The predicted octanol–water partition coefficient (Wildman–Crippen LogP) is 5.37. The molecule has 0 heterocycles. The van der Waals surface area contributed by atoms with E-state index >= 15 is 0 Å². The lowest BCUT2D eigenvalue weighted by molar-refractivity contribution is 0.155. The van der Waals surface area contributed by atoms with Crippen LogP contribution in [-0.2, 0) is 12.8 Å². The molecule has 1 unspecified atom stereocenters. The Bertz CT molecular complexity index is 580. The molecule has 21 heavy (non-hydrogen) atoms. The third-order valence-electron chi connectivity index (χ3n) is 5.57. The van der Waals surface area contributed by atoms with E-state index in [1.807, 2.05) is 6.07 Å². The molecule has 1 nitrogen and oxygen atoms in total. The number of hydrogen-bond acceptors (Lipinski definition) is 1. The van der Waals surface area contributed by atoms with Crippen LogP contribution in [0.2, 0.25) is 0 Å². The Balaban J connectivity index is 2.13. The summed E-state index contributed by atoms with van der Waals surface area (Å²) in [4.78, 5) is 0. The lowest BCUT2D eigenvalue weighted by Gasteiger charge is -2.47. The van der Waals surface area contributed by atoms with E-state index < -0.39 is 0 Å². The number of hydrogen-bond donors (Lipinski definition) is 1. The summed E-state index contributed by atoms with van der Waals surface area (Å²) in [5, 5.41) is 10.6. The fourth-order valence-corrected chi connectivity index (χ4v) is 4.58. The first-order chi connectivity index (χ1) is 9.92. The van der Waals surface area contributed by atoms with E-state index in [4.69, 9.17) is 0 Å². The Morgan fingerprint density at radius 2 is 2.05 bits per heavy atom. The molecule has 1 heteroatoms. The van der Waals surface area contributed by atoms with Gasteiger partial charge in [-0.05, 0) is 61.1 Å². The number of benzene rings is 1. The minimum absolute atomic E-state index is 0.326. The number of phenolic OH excluding ortho intramolecular Hbond substituents is 1. The molecule has 1 aromatic rings. The summed E-state index contributed by atoms with van der Waals surface area (Å²) in [5.74, 6) is 1.61. The molecule has 0 saturated heterocycles. The van der Waals surface area contributed by atoms with Gasteiger partial charge in [0.25, 0.3) is 0 Å². The van der Waals surface area contributed by atoms with Crippen molar-refractivity contribution >= 4 is 0 Å². The van der Waals surface area contributed by atoms with Gasteiger partial charge in [-0.25, -0.2) is 0 Å². The first-order valence-electron chi connectivity index (χ1n) is 8.44. The van der Waals surface area contributed by atoms with Gasteiger partial charge in [0, 0.05) is 11.5 Å². The van der Waals surface area contributed by atoms with Gasteiger partial charge in [0.05, 0.1) is 0 Å². The second-order valence-electron chi connectivity index (χ2n) is 7.79. The zero-order valence-corrected chi connectivity index (χ0v) is 13.9. The highest BCUT2D eigenvalue weighted by atomic mass is 16.3. The third kappa shape index (κ3) is 2.52. The largest absolute Gasteiger partial charge is 0.508 e. The second-order valence-corrected chi connectivity index (χ2v) is 7.79. The smallest absolute Gasteiger partial charge is 0.119 e. The summed E-state index contributed by atoms with van der Waals surface area (Å²) in [5.41, 5.74) is 5.71. The van der Waals surface area contributed by atoms with Crippen molar-refractivity contribution in [1.82, 2.24) is 0 Å². The van der Waals surface area contributed by atoms with Crippen molar-refractivity contribution < 1.29 is 5.11 Å². The average Bonchev–Trinajstić information content (AvgIpc) is 2.37. The van der Waals surface area contributed by atoms with Gasteiger partial charge in [-0.2, -0.15) is 0 Å². The summed E-state index contributed by atoms with van der Waals surface area (Å²) >= 11 is 0. The van der Waals surface area contributed by atoms with Gasteiger partial charge in [-0.1, -0.05) is 44.9 Å². The van der Waals surface area contributed by atoms with Crippen molar-refractivity contribution in [2.45, 2.75) is 65.7 Å². The minimum Gasteiger partial charge on any atom is -0.508 e. The van der Waals surface area contributed by atoms with Crippen LogP contribution >= 0.6 is 0 Å². The standard InChI is InChI=1S/C20H28O/c1-5-6-14-10-15-12-20(3,4)17-8-7-13(2)9-16(17)19(15)18(21)11-14/h9-11,16-17,21H,5-8,12H2,1-4H3/t16?,17-/m1/s1. The highest BCUT2D eigenvalue weighted by Gasteiger charge is 2.43. The van der Waals surface area contributed by atoms with E-state index in [1.165, 1.54) is 35.1 Å². The molecule has 2 aliphatic carbocycles. The molecule has 2 aliphatic rings. The fraction of sp³-hybridized carbons (Fsp3) is 0.600. The molecule has 0 fully saturated rings. The molecule has 0 aromatic heterocycles. The molecule has 1 N–H and O–H groups in total. The summed E-state index contributed by atoms with van der Waals surface area (Å²) in [6.07, 6.45) is 8.19. The van der Waals surface area contributed by atoms with E-state index in [9.17, 15) is 5.11 Å². The van der Waals surface area contributed by atoms with Crippen molar-refractivity contribution in [2.24, 2.45) is 11.3 Å². The van der Waals surface area contributed by atoms with Crippen LogP contribution in [-0.4, -0.2) is 5.11 Å².